The van der Waals surface area contributed by atoms with Crippen LogP contribution in [0.2, 0.25) is 0 Å². The van der Waals surface area contributed by atoms with Crippen molar-refractivity contribution < 1.29 is 9.59 Å². The van der Waals surface area contributed by atoms with Gasteiger partial charge in [0.25, 0.3) is 5.91 Å². The van der Waals surface area contributed by atoms with E-state index >= 15 is 0 Å². The second-order valence-corrected chi connectivity index (χ2v) is 9.59. The number of anilines is 1. The van der Waals surface area contributed by atoms with Gasteiger partial charge in [0.1, 0.15) is 0 Å². The van der Waals surface area contributed by atoms with Crippen molar-refractivity contribution in [3.63, 3.8) is 0 Å². The Morgan fingerprint density at radius 2 is 1.87 bits per heavy atom. The van der Waals surface area contributed by atoms with Gasteiger partial charge in [0.15, 0.2) is 0 Å². The van der Waals surface area contributed by atoms with Crippen LogP contribution in [0.3, 0.4) is 0 Å². The molecule has 2 amide bonds. The van der Waals surface area contributed by atoms with Crippen LogP contribution in [0.4, 0.5) is 5.69 Å². The summed E-state index contributed by atoms with van der Waals surface area (Å²) in [5.41, 5.74) is 3.41. The van der Waals surface area contributed by atoms with Crippen LogP contribution in [-0.4, -0.2) is 30.3 Å². The van der Waals surface area contributed by atoms with E-state index in [1.54, 1.807) is 16.2 Å². The zero-order valence-corrected chi connectivity index (χ0v) is 19.2. The predicted octanol–water partition coefficient (Wildman–Crippen LogP) is 5.66. The molecule has 0 saturated heterocycles. The number of fused-ring (bicyclic) bond motifs is 1. The molecule has 0 saturated carbocycles. The fourth-order valence-electron chi connectivity index (χ4n) is 4.40. The van der Waals surface area contributed by atoms with Gasteiger partial charge in [0.05, 0.1) is 12.0 Å². The van der Waals surface area contributed by atoms with Gasteiger partial charge in [-0.05, 0) is 53.6 Å². The van der Waals surface area contributed by atoms with Crippen molar-refractivity contribution in [1.29, 1.82) is 0 Å². The van der Waals surface area contributed by atoms with E-state index in [9.17, 15) is 9.59 Å². The van der Waals surface area contributed by atoms with Gasteiger partial charge in [-0.3, -0.25) is 9.59 Å². The number of benzene rings is 2. The number of nitrogens with zero attached hydrogens (tertiary/aromatic N) is 2. The Kier molecular flexibility index (Phi) is 5.96. The lowest BCUT2D eigenvalue weighted by Crippen LogP contribution is -2.48. The molecule has 1 aliphatic rings. The smallest absolute Gasteiger partial charge is 0.254 e. The molecule has 31 heavy (non-hydrogen) atoms. The van der Waals surface area contributed by atoms with Gasteiger partial charge in [-0.2, -0.15) is 0 Å². The molecule has 0 aliphatic carbocycles. The molecule has 0 unspecified atom stereocenters. The minimum atomic E-state index is -0.461. The van der Waals surface area contributed by atoms with Crippen molar-refractivity contribution in [2.24, 2.45) is 5.92 Å². The number of rotatable bonds is 5. The van der Waals surface area contributed by atoms with E-state index in [2.05, 4.69) is 13.8 Å². The van der Waals surface area contributed by atoms with E-state index in [-0.39, 0.29) is 17.9 Å². The molecule has 4 nitrogen and oxygen atoms in total. The lowest BCUT2D eigenvalue weighted by atomic mass is 9.80. The number of thiophene rings is 1. The van der Waals surface area contributed by atoms with Crippen LogP contribution in [0, 0.1) is 12.8 Å². The van der Waals surface area contributed by atoms with Crippen LogP contribution in [0.15, 0.2) is 66.0 Å². The van der Waals surface area contributed by atoms with Gasteiger partial charge in [0.2, 0.25) is 5.91 Å². The largest absolute Gasteiger partial charge is 0.329 e. The third-order valence-electron chi connectivity index (χ3n) is 5.82. The second-order valence-electron chi connectivity index (χ2n) is 8.61. The van der Waals surface area contributed by atoms with E-state index in [0.717, 1.165) is 21.7 Å². The lowest BCUT2D eigenvalue weighted by molar-refractivity contribution is -0.121. The first-order chi connectivity index (χ1) is 14.9. The summed E-state index contributed by atoms with van der Waals surface area (Å²) in [6.07, 6.45) is 0. The van der Waals surface area contributed by atoms with Gasteiger partial charge >= 0.3 is 0 Å². The molecular formula is C26H28N2O2S. The van der Waals surface area contributed by atoms with E-state index in [1.807, 2.05) is 84.9 Å². The van der Waals surface area contributed by atoms with Crippen molar-refractivity contribution >= 4 is 28.8 Å². The Bertz CT molecular complexity index is 1090. The molecule has 2 aromatic carbocycles. The van der Waals surface area contributed by atoms with Gasteiger partial charge in [-0.15, -0.1) is 11.3 Å². The van der Waals surface area contributed by atoms with Crippen molar-refractivity contribution in [3.8, 4) is 0 Å². The highest BCUT2D eigenvalue weighted by molar-refractivity contribution is 7.10. The Labute approximate surface area is 188 Å². The molecule has 160 valence electrons. The van der Waals surface area contributed by atoms with Crippen molar-refractivity contribution in [1.82, 2.24) is 4.90 Å². The normalized spacial score (nSPS) is 18.2. The maximum absolute atomic E-state index is 14.0. The minimum absolute atomic E-state index is 0.00212. The van der Waals surface area contributed by atoms with E-state index in [0.29, 0.717) is 18.0 Å². The molecule has 1 aliphatic heterocycles. The first-order valence-corrected chi connectivity index (χ1v) is 11.5. The van der Waals surface area contributed by atoms with Crippen LogP contribution < -0.4 is 4.90 Å². The fraction of sp³-hybridized carbons (Fsp3) is 0.308. The number of aryl methyl sites for hydroxylation is 1. The lowest BCUT2D eigenvalue weighted by Gasteiger charge is -2.43. The van der Waals surface area contributed by atoms with Gasteiger partial charge in [-0.1, -0.05) is 50.2 Å². The van der Waals surface area contributed by atoms with Crippen molar-refractivity contribution in [3.05, 3.63) is 87.6 Å². The minimum Gasteiger partial charge on any atom is -0.329 e. The molecule has 0 radical (unpaired) electrons. The number of amides is 2. The summed E-state index contributed by atoms with van der Waals surface area (Å²) >= 11 is 1.60. The van der Waals surface area contributed by atoms with Crippen LogP contribution >= 0.6 is 11.3 Å². The third-order valence-corrected chi connectivity index (χ3v) is 6.76. The van der Waals surface area contributed by atoms with E-state index in [4.69, 9.17) is 0 Å². The summed E-state index contributed by atoms with van der Waals surface area (Å²) in [5.74, 6) is -0.165. The average molecular weight is 433 g/mol. The van der Waals surface area contributed by atoms with Crippen molar-refractivity contribution in [2.45, 2.75) is 32.7 Å². The molecule has 5 heteroatoms. The van der Waals surface area contributed by atoms with Gasteiger partial charge < -0.3 is 9.80 Å². The molecule has 4 rings (SSSR count). The molecule has 0 N–H and O–H groups in total. The summed E-state index contributed by atoms with van der Waals surface area (Å²) < 4.78 is 0. The monoisotopic (exact) mass is 432 g/mol. The fourth-order valence-corrected chi connectivity index (χ4v) is 5.28. The maximum Gasteiger partial charge on any atom is 0.254 e. The molecule has 2 atom stereocenters. The summed E-state index contributed by atoms with van der Waals surface area (Å²) in [6, 6.07) is 19.3. The number of likely N-dealkylation sites (N-methyl/N-ethyl adjacent to an activating group) is 1. The van der Waals surface area contributed by atoms with E-state index in [1.165, 1.54) is 0 Å². The highest BCUT2D eigenvalue weighted by Gasteiger charge is 2.45. The number of carbonyl (C=O) groups excluding carboxylic acids is 2. The average Bonchev–Trinajstić information content (AvgIpc) is 3.28. The third kappa shape index (κ3) is 4.02. The first kappa shape index (κ1) is 21.3. The summed E-state index contributed by atoms with van der Waals surface area (Å²) in [7, 11) is 1.83. The van der Waals surface area contributed by atoms with Crippen LogP contribution in [0.5, 0.6) is 0 Å². The van der Waals surface area contributed by atoms with Crippen LogP contribution in [-0.2, 0) is 4.79 Å². The molecule has 0 spiro atoms. The summed E-state index contributed by atoms with van der Waals surface area (Å²) in [6.45, 7) is 6.84. The van der Waals surface area contributed by atoms with Gasteiger partial charge in [-0.25, -0.2) is 0 Å². The van der Waals surface area contributed by atoms with Crippen LogP contribution in [0.25, 0.3) is 0 Å². The Morgan fingerprint density at radius 3 is 2.55 bits per heavy atom. The second kappa shape index (κ2) is 8.67. The SMILES string of the molecule is Cc1cccc(N(C)C(=O)[C@H]2c3ccccc3C(=O)N(CC(C)C)[C@@H]2c2cccs2)c1. The number of hydrogen-bond donors (Lipinski definition) is 0. The van der Waals surface area contributed by atoms with Crippen LogP contribution in [0.1, 0.15) is 52.2 Å². The Balaban J connectivity index is 1.86. The summed E-state index contributed by atoms with van der Waals surface area (Å²) in [5, 5.41) is 2.01. The highest BCUT2D eigenvalue weighted by Crippen LogP contribution is 2.45. The molecule has 2 heterocycles. The molecule has 0 bridgehead atoms. The number of carbonyl (C=O) groups is 2. The van der Waals surface area contributed by atoms with E-state index < -0.39 is 5.92 Å². The predicted molar refractivity (Wildman–Crippen MR) is 127 cm³/mol. The topological polar surface area (TPSA) is 40.6 Å². The Hall–Kier alpha value is -2.92. The number of hydrogen-bond acceptors (Lipinski definition) is 3. The zero-order valence-electron chi connectivity index (χ0n) is 18.4. The maximum atomic E-state index is 14.0. The molecular weight excluding hydrogens is 404 g/mol. The highest BCUT2D eigenvalue weighted by atomic mass is 32.1. The van der Waals surface area contributed by atoms with Gasteiger partial charge in [0, 0.05) is 29.7 Å². The molecule has 3 aromatic rings. The molecule has 0 fully saturated rings. The van der Waals surface area contributed by atoms with Crippen molar-refractivity contribution in [2.75, 3.05) is 18.5 Å². The zero-order chi connectivity index (χ0) is 22.1. The Morgan fingerprint density at radius 1 is 1.10 bits per heavy atom. The quantitative estimate of drug-likeness (QED) is 0.522. The first-order valence-electron chi connectivity index (χ1n) is 10.7. The summed E-state index contributed by atoms with van der Waals surface area (Å²) in [4.78, 5) is 32.2. The standard InChI is InChI=1S/C26H28N2O2S/c1-17(2)16-28-24(22-13-8-14-31-22)23(20-11-5-6-12-21(20)25(28)29)26(30)27(4)19-10-7-9-18(3)15-19/h5-15,17,23-24H,16H2,1-4H3/t23-,24+/m0/s1. The molecule has 1 aromatic heterocycles.